The highest BCUT2D eigenvalue weighted by Gasteiger charge is 2.27. The lowest BCUT2D eigenvalue weighted by molar-refractivity contribution is -0.125. The third-order valence-electron chi connectivity index (χ3n) is 4.14. The maximum absolute atomic E-state index is 12.2. The van der Waals surface area contributed by atoms with Crippen molar-refractivity contribution in [2.45, 2.75) is 32.2 Å². The van der Waals surface area contributed by atoms with Gasteiger partial charge in [-0.2, -0.15) is 4.98 Å². The van der Waals surface area contributed by atoms with E-state index in [1.807, 2.05) is 38.1 Å². The Morgan fingerprint density at radius 3 is 2.56 bits per heavy atom. The Morgan fingerprint density at radius 1 is 1.32 bits per heavy atom. The van der Waals surface area contributed by atoms with E-state index in [-0.39, 0.29) is 42.2 Å². The van der Waals surface area contributed by atoms with Crippen LogP contribution < -0.4 is 16.0 Å². The van der Waals surface area contributed by atoms with Crippen LogP contribution in [0.5, 0.6) is 0 Å². The van der Waals surface area contributed by atoms with Crippen molar-refractivity contribution in [1.29, 1.82) is 0 Å². The molecule has 140 valence electrons. The number of aromatic nitrogens is 1. The smallest absolute Gasteiger partial charge is 0.298 e. The van der Waals surface area contributed by atoms with Gasteiger partial charge in [0.1, 0.15) is 5.52 Å². The highest BCUT2D eigenvalue weighted by molar-refractivity contribution is 5.85. The van der Waals surface area contributed by atoms with Gasteiger partial charge in [-0.05, 0) is 38.8 Å². The van der Waals surface area contributed by atoms with E-state index in [0.29, 0.717) is 12.6 Å². The van der Waals surface area contributed by atoms with Crippen LogP contribution in [0.4, 0.5) is 6.01 Å². The number of carbonyl (C=O) groups excluding carboxylic acids is 1. The number of amides is 1. The SMILES string of the molecule is CC(C)(N)CNC(=O)C1CCN(c2nc3ccccc3o2)CC1.Cl.Cl. The summed E-state index contributed by atoms with van der Waals surface area (Å²) in [7, 11) is 0. The largest absolute Gasteiger partial charge is 0.423 e. The van der Waals surface area contributed by atoms with E-state index in [9.17, 15) is 4.79 Å². The van der Waals surface area contributed by atoms with Crippen molar-refractivity contribution in [1.82, 2.24) is 10.3 Å². The average molecular weight is 389 g/mol. The Hall–Kier alpha value is -1.50. The van der Waals surface area contributed by atoms with Crippen LogP contribution in [-0.2, 0) is 4.79 Å². The first-order valence-corrected chi connectivity index (χ1v) is 8.09. The molecule has 0 saturated carbocycles. The number of carbonyl (C=O) groups is 1. The molecule has 1 amide bonds. The second-order valence-electron chi connectivity index (χ2n) is 6.93. The molecule has 6 nitrogen and oxygen atoms in total. The molecule has 25 heavy (non-hydrogen) atoms. The van der Waals surface area contributed by atoms with Gasteiger partial charge in [0.25, 0.3) is 6.01 Å². The number of halogens is 2. The second-order valence-corrected chi connectivity index (χ2v) is 6.93. The van der Waals surface area contributed by atoms with Crippen molar-refractivity contribution < 1.29 is 9.21 Å². The zero-order chi connectivity index (χ0) is 16.4. The number of hydrogen-bond donors (Lipinski definition) is 2. The predicted octanol–water partition coefficient (Wildman–Crippen LogP) is 2.74. The van der Waals surface area contributed by atoms with E-state index in [1.54, 1.807) is 0 Å². The zero-order valence-electron chi connectivity index (χ0n) is 14.5. The van der Waals surface area contributed by atoms with Crippen molar-refractivity contribution in [3.8, 4) is 0 Å². The molecule has 0 spiro atoms. The molecule has 1 aromatic heterocycles. The number of piperidine rings is 1. The monoisotopic (exact) mass is 388 g/mol. The van der Waals surface area contributed by atoms with Crippen molar-refractivity contribution in [2.75, 3.05) is 24.5 Å². The van der Waals surface area contributed by atoms with Gasteiger partial charge < -0.3 is 20.4 Å². The summed E-state index contributed by atoms with van der Waals surface area (Å²) >= 11 is 0. The molecule has 0 aliphatic carbocycles. The Kier molecular flexibility index (Phi) is 7.53. The minimum atomic E-state index is -0.380. The number of rotatable bonds is 4. The van der Waals surface area contributed by atoms with E-state index in [2.05, 4.69) is 15.2 Å². The van der Waals surface area contributed by atoms with Crippen LogP contribution in [0.2, 0.25) is 0 Å². The predicted molar refractivity (Wildman–Crippen MR) is 105 cm³/mol. The van der Waals surface area contributed by atoms with E-state index in [0.717, 1.165) is 37.0 Å². The molecular formula is C17H26Cl2N4O2. The van der Waals surface area contributed by atoms with Crippen LogP contribution in [0, 0.1) is 5.92 Å². The quantitative estimate of drug-likeness (QED) is 0.840. The molecule has 0 unspecified atom stereocenters. The molecule has 2 aromatic rings. The molecule has 1 fully saturated rings. The standard InChI is InChI=1S/C17H24N4O2.2ClH/c1-17(2,18)11-19-15(22)12-7-9-21(10-8-12)16-20-13-5-3-4-6-14(13)23-16;;/h3-6,12H,7-11,18H2,1-2H3,(H,19,22);2*1H. The van der Waals surface area contributed by atoms with Crippen LogP contribution in [0.1, 0.15) is 26.7 Å². The summed E-state index contributed by atoms with van der Waals surface area (Å²) in [5.74, 6) is 0.138. The molecule has 0 bridgehead atoms. The van der Waals surface area contributed by atoms with Crippen LogP contribution in [0.3, 0.4) is 0 Å². The highest BCUT2D eigenvalue weighted by Crippen LogP contribution is 2.26. The Balaban J connectivity index is 0.00000156. The lowest BCUT2D eigenvalue weighted by Crippen LogP contribution is -2.48. The molecule has 3 rings (SSSR count). The first-order valence-electron chi connectivity index (χ1n) is 8.09. The number of benzene rings is 1. The van der Waals surface area contributed by atoms with Crippen LogP contribution in [0.25, 0.3) is 11.1 Å². The molecule has 1 aliphatic heterocycles. The van der Waals surface area contributed by atoms with E-state index in [1.165, 1.54) is 0 Å². The summed E-state index contributed by atoms with van der Waals surface area (Å²) in [6.45, 7) is 5.86. The summed E-state index contributed by atoms with van der Waals surface area (Å²) < 4.78 is 5.79. The fourth-order valence-electron chi connectivity index (χ4n) is 2.79. The average Bonchev–Trinajstić information content (AvgIpc) is 2.96. The van der Waals surface area contributed by atoms with Crippen LogP contribution in [-0.4, -0.2) is 36.1 Å². The molecule has 0 radical (unpaired) electrons. The van der Waals surface area contributed by atoms with Gasteiger partial charge in [0.15, 0.2) is 5.58 Å². The van der Waals surface area contributed by atoms with E-state index in [4.69, 9.17) is 10.2 Å². The van der Waals surface area contributed by atoms with Gasteiger partial charge in [-0.15, -0.1) is 24.8 Å². The topological polar surface area (TPSA) is 84.4 Å². The summed E-state index contributed by atoms with van der Waals surface area (Å²) in [6.07, 6.45) is 1.60. The summed E-state index contributed by atoms with van der Waals surface area (Å²) in [5.41, 5.74) is 7.19. The third kappa shape index (κ3) is 5.49. The highest BCUT2D eigenvalue weighted by atomic mass is 35.5. The normalized spacial score (nSPS) is 15.4. The van der Waals surface area contributed by atoms with Crippen molar-refractivity contribution in [2.24, 2.45) is 11.7 Å². The number of nitrogens with zero attached hydrogens (tertiary/aromatic N) is 2. The molecule has 8 heteroatoms. The Morgan fingerprint density at radius 2 is 1.96 bits per heavy atom. The summed E-state index contributed by atoms with van der Waals surface area (Å²) in [6, 6.07) is 8.39. The lowest BCUT2D eigenvalue weighted by atomic mass is 9.95. The van der Waals surface area contributed by atoms with Gasteiger partial charge in [0.2, 0.25) is 5.91 Å². The number of fused-ring (bicyclic) bond motifs is 1. The molecular weight excluding hydrogens is 363 g/mol. The number of oxazole rings is 1. The molecule has 1 saturated heterocycles. The van der Waals surface area contributed by atoms with E-state index < -0.39 is 0 Å². The van der Waals surface area contributed by atoms with Gasteiger partial charge in [-0.3, -0.25) is 4.79 Å². The molecule has 3 N–H and O–H groups in total. The first kappa shape index (κ1) is 21.5. The molecule has 0 atom stereocenters. The van der Waals surface area contributed by atoms with Crippen molar-refractivity contribution in [3.05, 3.63) is 24.3 Å². The fraction of sp³-hybridized carbons (Fsp3) is 0.529. The first-order chi connectivity index (χ1) is 10.9. The van der Waals surface area contributed by atoms with E-state index >= 15 is 0 Å². The van der Waals surface area contributed by atoms with Gasteiger partial charge >= 0.3 is 0 Å². The van der Waals surface area contributed by atoms with Gasteiger partial charge in [0.05, 0.1) is 0 Å². The second kappa shape index (κ2) is 8.74. The Bertz CT molecular complexity index is 658. The third-order valence-corrected chi connectivity index (χ3v) is 4.14. The van der Waals surface area contributed by atoms with Gasteiger partial charge in [0, 0.05) is 31.1 Å². The summed E-state index contributed by atoms with van der Waals surface area (Å²) in [5, 5.41) is 2.95. The maximum atomic E-state index is 12.2. The van der Waals surface area contributed by atoms with Gasteiger partial charge in [-0.25, -0.2) is 0 Å². The molecule has 1 aromatic carbocycles. The number of nitrogens with one attached hydrogen (secondary N) is 1. The number of nitrogens with two attached hydrogens (primary N) is 1. The fourth-order valence-corrected chi connectivity index (χ4v) is 2.79. The number of anilines is 1. The van der Waals surface area contributed by atoms with Gasteiger partial charge in [-0.1, -0.05) is 12.1 Å². The molecule has 1 aliphatic rings. The maximum Gasteiger partial charge on any atom is 0.298 e. The van der Waals surface area contributed by atoms with Crippen LogP contribution >= 0.6 is 24.8 Å². The lowest BCUT2D eigenvalue weighted by Gasteiger charge is -2.30. The number of hydrogen-bond acceptors (Lipinski definition) is 5. The number of para-hydroxylation sites is 2. The van der Waals surface area contributed by atoms with Crippen molar-refractivity contribution >= 4 is 47.8 Å². The summed E-state index contributed by atoms with van der Waals surface area (Å²) in [4.78, 5) is 18.8. The Labute approximate surface area is 160 Å². The van der Waals surface area contributed by atoms with Crippen LogP contribution in [0.15, 0.2) is 28.7 Å². The zero-order valence-corrected chi connectivity index (χ0v) is 16.2. The van der Waals surface area contributed by atoms with Crippen molar-refractivity contribution in [3.63, 3.8) is 0 Å². The minimum Gasteiger partial charge on any atom is -0.423 e. The minimum absolute atomic E-state index is 0. The molecule has 2 heterocycles.